The molecule has 0 aromatic heterocycles. The minimum absolute atomic E-state index is 0.248. The number of ether oxygens (including phenoxy) is 1. The van der Waals surface area contributed by atoms with Crippen LogP contribution >= 0.6 is 15.9 Å². The Hall–Kier alpha value is -1.000. The number of aliphatic imine (C=N–C) groups is 1. The van der Waals surface area contributed by atoms with Crippen molar-refractivity contribution < 1.29 is 9.53 Å². The highest BCUT2D eigenvalue weighted by Crippen LogP contribution is 2.10. The number of carbonyl (C=O) groups excluding carboxylic acids is 1. The first-order valence-electron chi connectivity index (χ1n) is 4.64. The molecule has 1 rings (SSSR count). The van der Waals surface area contributed by atoms with E-state index in [4.69, 9.17) is 4.74 Å². The lowest BCUT2D eigenvalue weighted by Gasteiger charge is -1.95. The van der Waals surface area contributed by atoms with Crippen molar-refractivity contribution in [3.63, 3.8) is 0 Å². The summed E-state index contributed by atoms with van der Waals surface area (Å²) in [5.41, 5.74) is 0.575. The summed E-state index contributed by atoms with van der Waals surface area (Å²) >= 11 is 3.30. The molecule has 1 amide bonds. The van der Waals surface area contributed by atoms with E-state index in [2.05, 4.69) is 20.9 Å². The van der Waals surface area contributed by atoms with E-state index in [1.807, 2.05) is 19.1 Å². The average molecular weight is 270 g/mol. The zero-order chi connectivity index (χ0) is 11.1. The van der Waals surface area contributed by atoms with Gasteiger partial charge in [-0.05, 0) is 31.2 Å². The molecular weight excluding hydrogens is 258 g/mol. The van der Waals surface area contributed by atoms with Gasteiger partial charge in [0, 0.05) is 22.9 Å². The quantitative estimate of drug-likeness (QED) is 0.623. The van der Waals surface area contributed by atoms with Crippen molar-refractivity contribution in [2.45, 2.75) is 6.92 Å². The van der Waals surface area contributed by atoms with Crippen LogP contribution in [-0.2, 0) is 4.74 Å². The molecule has 15 heavy (non-hydrogen) atoms. The van der Waals surface area contributed by atoms with Gasteiger partial charge in [0.2, 0.25) is 0 Å². The highest BCUT2D eigenvalue weighted by Gasteiger charge is 2.01. The first-order chi connectivity index (χ1) is 7.24. The molecule has 0 heterocycles. The van der Waals surface area contributed by atoms with Crippen LogP contribution in [0, 0.1) is 0 Å². The van der Waals surface area contributed by atoms with Gasteiger partial charge in [-0.1, -0.05) is 15.9 Å². The van der Waals surface area contributed by atoms with E-state index >= 15 is 0 Å². The lowest BCUT2D eigenvalue weighted by atomic mass is 10.2. The van der Waals surface area contributed by atoms with Crippen LogP contribution in [-0.4, -0.2) is 25.3 Å². The van der Waals surface area contributed by atoms with Crippen LogP contribution in [0.3, 0.4) is 0 Å². The van der Waals surface area contributed by atoms with Gasteiger partial charge in [0.25, 0.3) is 5.91 Å². The number of nitrogens with zero attached hydrogens (tertiary/aromatic N) is 1. The molecule has 0 aliphatic rings. The minimum Gasteiger partial charge on any atom is -0.376 e. The van der Waals surface area contributed by atoms with Crippen molar-refractivity contribution in [1.29, 1.82) is 0 Å². The maximum absolute atomic E-state index is 11.5. The summed E-state index contributed by atoms with van der Waals surface area (Å²) in [7, 11) is 0. The fourth-order valence-electron chi connectivity index (χ4n) is 0.958. The van der Waals surface area contributed by atoms with Gasteiger partial charge >= 0.3 is 0 Å². The second kappa shape index (κ2) is 6.48. The average Bonchev–Trinajstić information content (AvgIpc) is 2.25. The topological polar surface area (TPSA) is 38.7 Å². The van der Waals surface area contributed by atoms with Gasteiger partial charge in [-0.25, -0.2) is 4.99 Å². The Kier molecular flexibility index (Phi) is 5.21. The molecule has 0 aliphatic carbocycles. The largest absolute Gasteiger partial charge is 0.376 e. The Labute approximate surface area is 97.3 Å². The van der Waals surface area contributed by atoms with Gasteiger partial charge in [0.05, 0.1) is 6.61 Å². The molecule has 1 aromatic carbocycles. The highest BCUT2D eigenvalue weighted by molar-refractivity contribution is 9.10. The molecule has 0 fully saturated rings. The van der Waals surface area contributed by atoms with E-state index in [0.29, 0.717) is 18.8 Å². The number of amides is 1. The summed E-state index contributed by atoms with van der Waals surface area (Å²) in [4.78, 5) is 15.2. The minimum atomic E-state index is -0.248. The molecule has 0 bridgehead atoms. The summed E-state index contributed by atoms with van der Waals surface area (Å²) in [6.45, 7) is 2.89. The van der Waals surface area contributed by atoms with E-state index in [-0.39, 0.29) is 5.91 Å². The molecule has 0 atom stereocenters. The normalized spacial score (nSPS) is 10.8. The van der Waals surface area contributed by atoms with E-state index in [9.17, 15) is 4.79 Å². The van der Waals surface area contributed by atoms with Gasteiger partial charge in [0.1, 0.15) is 0 Å². The summed E-state index contributed by atoms with van der Waals surface area (Å²) in [5.74, 6) is -0.248. The predicted molar refractivity (Wildman–Crippen MR) is 63.5 cm³/mol. The van der Waals surface area contributed by atoms with Crippen LogP contribution in [0.5, 0.6) is 0 Å². The maximum Gasteiger partial charge on any atom is 0.276 e. The SMILES string of the molecule is CCOCC=NC(=O)c1ccc(Br)cc1. The second-order valence-electron chi connectivity index (χ2n) is 2.78. The van der Waals surface area contributed by atoms with E-state index in [1.165, 1.54) is 6.21 Å². The molecule has 0 unspecified atom stereocenters. The molecule has 4 heteroatoms. The molecule has 0 N–H and O–H groups in total. The Morgan fingerprint density at radius 3 is 2.73 bits per heavy atom. The smallest absolute Gasteiger partial charge is 0.276 e. The highest BCUT2D eigenvalue weighted by atomic mass is 79.9. The van der Waals surface area contributed by atoms with Gasteiger partial charge in [-0.2, -0.15) is 0 Å². The van der Waals surface area contributed by atoms with Crippen molar-refractivity contribution in [3.8, 4) is 0 Å². The van der Waals surface area contributed by atoms with Crippen molar-refractivity contribution in [2.24, 2.45) is 4.99 Å². The van der Waals surface area contributed by atoms with Crippen LogP contribution < -0.4 is 0 Å². The number of halogens is 1. The lowest BCUT2D eigenvalue weighted by molar-refractivity contribution is 0.100. The monoisotopic (exact) mass is 269 g/mol. The van der Waals surface area contributed by atoms with Crippen molar-refractivity contribution in [3.05, 3.63) is 34.3 Å². The first-order valence-corrected chi connectivity index (χ1v) is 5.43. The number of benzene rings is 1. The van der Waals surface area contributed by atoms with E-state index in [0.717, 1.165) is 4.47 Å². The van der Waals surface area contributed by atoms with E-state index < -0.39 is 0 Å². The third-order valence-corrected chi connectivity index (χ3v) is 2.22. The summed E-state index contributed by atoms with van der Waals surface area (Å²) in [5, 5.41) is 0. The number of hydrogen-bond donors (Lipinski definition) is 0. The van der Waals surface area contributed by atoms with Crippen molar-refractivity contribution >= 4 is 28.1 Å². The fraction of sp³-hybridized carbons (Fsp3) is 0.273. The molecule has 0 spiro atoms. The summed E-state index contributed by atoms with van der Waals surface area (Å²) in [6, 6.07) is 7.07. The third-order valence-electron chi connectivity index (χ3n) is 1.70. The molecular formula is C11H12BrNO2. The van der Waals surface area contributed by atoms with Crippen LogP contribution in [0.15, 0.2) is 33.7 Å². The number of hydrogen-bond acceptors (Lipinski definition) is 2. The van der Waals surface area contributed by atoms with Crippen molar-refractivity contribution in [2.75, 3.05) is 13.2 Å². The van der Waals surface area contributed by atoms with Crippen molar-refractivity contribution in [1.82, 2.24) is 0 Å². The second-order valence-corrected chi connectivity index (χ2v) is 3.70. The third kappa shape index (κ3) is 4.36. The zero-order valence-electron chi connectivity index (χ0n) is 8.44. The Balaban J connectivity index is 2.53. The Bertz CT molecular complexity index is 346. The molecule has 1 aromatic rings. The van der Waals surface area contributed by atoms with Crippen LogP contribution in [0.4, 0.5) is 0 Å². The number of carbonyl (C=O) groups is 1. The van der Waals surface area contributed by atoms with Gasteiger partial charge in [0.15, 0.2) is 0 Å². The van der Waals surface area contributed by atoms with Crippen LogP contribution in [0.2, 0.25) is 0 Å². The zero-order valence-corrected chi connectivity index (χ0v) is 10.0. The maximum atomic E-state index is 11.5. The molecule has 0 saturated carbocycles. The fourth-order valence-corrected chi connectivity index (χ4v) is 1.22. The lowest BCUT2D eigenvalue weighted by Crippen LogP contribution is -1.99. The first kappa shape index (κ1) is 12.1. The van der Waals surface area contributed by atoms with Crippen LogP contribution in [0.1, 0.15) is 17.3 Å². The molecule has 3 nitrogen and oxygen atoms in total. The van der Waals surface area contributed by atoms with Gasteiger partial charge < -0.3 is 4.74 Å². The summed E-state index contributed by atoms with van der Waals surface area (Å²) < 4.78 is 5.97. The molecule has 80 valence electrons. The predicted octanol–water partition coefficient (Wildman–Crippen LogP) is 2.70. The van der Waals surface area contributed by atoms with Gasteiger partial charge in [-0.15, -0.1) is 0 Å². The molecule has 0 aliphatic heterocycles. The molecule has 0 saturated heterocycles. The van der Waals surface area contributed by atoms with Gasteiger partial charge in [-0.3, -0.25) is 4.79 Å². The van der Waals surface area contributed by atoms with E-state index in [1.54, 1.807) is 12.1 Å². The van der Waals surface area contributed by atoms with Crippen LogP contribution in [0.25, 0.3) is 0 Å². The Morgan fingerprint density at radius 1 is 1.47 bits per heavy atom. The Morgan fingerprint density at radius 2 is 2.13 bits per heavy atom. The molecule has 0 radical (unpaired) electrons. The summed E-state index contributed by atoms with van der Waals surface area (Å²) in [6.07, 6.45) is 1.48. The number of rotatable bonds is 4. The standard InChI is InChI=1S/C11H12BrNO2/c1-2-15-8-7-13-11(14)9-3-5-10(12)6-4-9/h3-7H,2,8H2,1H3.